The summed E-state index contributed by atoms with van der Waals surface area (Å²) in [5.74, 6) is -0.0913. The quantitative estimate of drug-likeness (QED) is 0.599. The molecule has 1 N–H and O–H groups in total. The van der Waals surface area contributed by atoms with Crippen molar-refractivity contribution in [3.63, 3.8) is 0 Å². The molecule has 2 rings (SSSR count). The van der Waals surface area contributed by atoms with Crippen LogP contribution >= 0.6 is 24.0 Å². The van der Waals surface area contributed by atoms with Crippen molar-refractivity contribution < 1.29 is 4.79 Å². The minimum atomic E-state index is -0.0913. The maximum absolute atomic E-state index is 11.5. The van der Waals surface area contributed by atoms with Gasteiger partial charge in [-0.2, -0.15) is 0 Å². The second-order valence-electron chi connectivity index (χ2n) is 3.16. The SMILES string of the molecule is C/C(=C1/SC(=S)NC1=O)c1ccccc1. The van der Waals surface area contributed by atoms with Crippen molar-refractivity contribution in [3.8, 4) is 0 Å². The fraction of sp³-hybridized carbons (Fsp3) is 0.0909. The smallest absolute Gasteiger partial charge is 0.263 e. The first kappa shape index (κ1) is 10.4. The molecule has 4 heteroatoms. The van der Waals surface area contributed by atoms with Crippen molar-refractivity contribution >= 4 is 39.8 Å². The van der Waals surface area contributed by atoms with E-state index in [-0.39, 0.29) is 5.91 Å². The molecular weight excluding hydrogens is 226 g/mol. The number of hydrogen-bond donors (Lipinski definition) is 1. The van der Waals surface area contributed by atoms with Crippen LogP contribution in [0, 0.1) is 0 Å². The summed E-state index contributed by atoms with van der Waals surface area (Å²) >= 11 is 6.27. The molecule has 1 heterocycles. The van der Waals surface area contributed by atoms with Crippen LogP contribution in [0.4, 0.5) is 0 Å². The molecule has 0 aromatic heterocycles. The van der Waals surface area contributed by atoms with Crippen LogP contribution in [-0.2, 0) is 4.79 Å². The third kappa shape index (κ3) is 2.11. The molecule has 0 aliphatic carbocycles. The topological polar surface area (TPSA) is 29.1 Å². The maximum Gasteiger partial charge on any atom is 0.263 e. The number of thiocarbonyl (C=S) groups is 1. The molecule has 0 radical (unpaired) electrons. The average molecular weight is 235 g/mol. The fourth-order valence-corrected chi connectivity index (χ4v) is 2.47. The largest absolute Gasteiger partial charge is 0.307 e. The molecule has 0 saturated carbocycles. The number of amides is 1. The summed E-state index contributed by atoms with van der Waals surface area (Å²) in [6.45, 7) is 1.94. The third-order valence-corrected chi connectivity index (χ3v) is 3.50. The van der Waals surface area contributed by atoms with Crippen LogP contribution in [0.1, 0.15) is 12.5 Å². The summed E-state index contributed by atoms with van der Waals surface area (Å²) in [6.07, 6.45) is 0. The number of nitrogens with one attached hydrogen (secondary N) is 1. The normalized spacial score (nSPS) is 19.0. The highest BCUT2D eigenvalue weighted by atomic mass is 32.2. The van der Waals surface area contributed by atoms with Crippen LogP contribution in [0.5, 0.6) is 0 Å². The van der Waals surface area contributed by atoms with Gasteiger partial charge in [0.2, 0.25) is 0 Å². The Morgan fingerprint density at radius 2 is 2.00 bits per heavy atom. The summed E-state index contributed by atoms with van der Waals surface area (Å²) in [4.78, 5) is 12.2. The van der Waals surface area contributed by atoms with Crippen molar-refractivity contribution in [1.82, 2.24) is 5.32 Å². The zero-order valence-electron chi connectivity index (χ0n) is 8.11. The van der Waals surface area contributed by atoms with E-state index in [1.807, 2.05) is 37.3 Å². The van der Waals surface area contributed by atoms with Crippen molar-refractivity contribution in [2.45, 2.75) is 6.92 Å². The highest BCUT2D eigenvalue weighted by molar-refractivity contribution is 8.26. The van der Waals surface area contributed by atoms with E-state index in [1.54, 1.807) is 0 Å². The lowest BCUT2D eigenvalue weighted by molar-refractivity contribution is -0.115. The molecule has 1 aromatic carbocycles. The molecule has 2 nitrogen and oxygen atoms in total. The summed E-state index contributed by atoms with van der Waals surface area (Å²) in [5.41, 5.74) is 2.03. The van der Waals surface area contributed by atoms with Gasteiger partial charge in [-0.3, -0.25) is 4.79 Å². The van der Waals surface area contributed by atoms with Gasteiger partial charge in [-0.05, 0) is 18.1 Å². The molecule has 1 fully saturated rings. The third-order valence-electron chi connectivity index (χ3n) is 2.16. The van der Waals surface area contributed by atoms with Crippen LogP contribution in [0.2, 0.25) is 0 Å². The van der Waals surface area contributed by atoms with Gasteiger partial charge in [-0.15, -0.1) is 0 Å². The second-order valence-corrected chi connectivity index (χ2v) is 4.85. The van der Waals surface area contributed by atoms with Gasteiger partial charge in [-0.25, -0.2) is 0 Å². The Morgan fingerprint density at radius 3 is 2.53 bits per heavy atom. The van der Waals surface area contributed by atoms with Crippen molar-refractivity contribution in [2.24, 2.45) is 0 Å². The molecule has 0 bridgehead atoms. The fourth-order valence-electron chi connectivity index (χ4n) is 1.38. The number of thioether (sulfide) groups is 1. The van der Waals surface area contributed by atoms with Crippen LogP contribution in [0.15, 0.2) is 35.2 Å². The molecule has 0 spiro atoms. The van der Waals surface area contributed by atoms with Crippen LogP contribution in [-0.4, -0.2) is 10.2 Å². The Bertz CT molecular complexity index is 451. The summed E-state index contributed by atoms with van der Waals surface area (Å²) in [7, 11) is 0. The highest BCUT2D eigenvalue weighted by Gasteiger charge is 2.24. The Morgan fingerprint density at radius 1 is 1.33 bits per heavy atom. The van der Waals surface area contributed by atoms with E-state index in [4.69, 9.17) is 12.2 Å². The van der Waals surface area contributed by atoms with Gasteiger partial charge >= 0.3 is 0 Å². The summed E-state index contributed by atoms with van der Waals surface area (Å²) in [6, 6.07) is 9.83. The molecule has 76 valence electrons. The number of carbonyl (C=O) groups is 1. The van der Waals surface area contributed by atoms with E-state index in [2.05, 4.69) is 5.32 Å². The molecule has 1 aliphatic rings. The molecule has 1 aromatic rings. The van der Waals surface area contributed by atoms with Crippen LogP contribution in [0.25, 0.3) is 5.57 Å². The second kappa shape index (κ2) is 4.16. The van der Waals surface area contributed by atoms with E-state index >= 15 is 0 Å². The minimum Gasteiger partial charge on any atom is -0.307 e. The zero-order chi connectivity index (χ0) is 10.8. The van der Waals surface area contributed by atoms with Crippen molar-refractivity contribution in [1.29, 1.82) is 0 Å². The van der Waals surface area contributed by atoms with E-state index in [0.717, 1.165) is 11.1 Å². The van der Waals surface area contributed by atoms with Crippen molar-refractivity contribution in [2.75, 3.05) is 0 Å². The Balaban J connectivity index is 2.42. The zero-order valence-corrected chi connectivity index (χ0v) is 9.74. The standard InChI is InChI=1S/C11H9NOS2/c1-7(8-5-3-2-4-6-8)9-10(13)12-11(14)15-9/h2-6H,1H3,(H,12,13,14)/b9-7-. The number of allylic oxidation sites excluding steroid dienone is 1. The highest BCUT2D eigenvalue weighted by Crippen LogP contribution is 2.31. The van der Waals surface area contributed by atoms with Gasteiger partial charge in [-0.1, -0.05) is 54.3 Å². The Hall–Kier alpha value is -1.13. The predicted octanol–water partition coefficient (Wildman–Crippen LogP) is 2.57. The van der Waals surface area contributed by atoms with E-state index < -0.39 is 0 Å². The Labute approximate surface area is 97.8 Å². The maximum atomic E-state index is 11.5. The van der Waals surface area contributed by atoms with Gasteiger partial charge < -0.3 is 5.32 Å². The first-order valence-electron chi connectivity index (χ1n) is 4.48. The lowest BCUT2D eigenvalue weighted by atomic mass is 10.1. The van der Waals surface area contributed by atoms with Crippen LogP contribution < -0.4 is 5.32 Å². The van der Waals surface area contributed by atoms with E-state index in [1.165, 1.54) is 11.8 Å². The minimum absolute atomic E-state index is 0.0913. The lowest BCUT2D eigenvalue weighted by Gasteiger charge is -2.02. The summed E-state index contributed by atoms with van der Waals surface area (Å²) < 4.78 is 0.533. The predicted molar refractivity (Wildman–Crippen MR) is 67.4 cm³/mol. The van der Waals surface area contributed by atoms with Gasteiger partial charge in [0, 0.05) is 0 Å². The monoisotopic (exact) mass is 235 g/mol. The molecular formula is C11H9NOS2. The van der Waals surface area contributed by atoms with E-state index in [9.17, 15) is 4.79 Å². The number of carbonyl (C=O) groups excluding carboxylic acids is 1. The number of rotatable bonds is 1. The van der Waals surface area contributed by atoms with Gasteiger partial charge in [0.1, 0.15) is 4.32 Å². The molecule has 1 saturated heterocycles. The first-order chi connectivity index (χ1) is 7.18. The summed E-state index contributed by atoms with van der Waals surface area (Å²) in [5, 5.41) is 2.62. The van der Waals surface area contributed by atoms with Gasteiger partial charge in [0.25, 0.3) is 5.91 Å². The first-order valence-corrected chi connectivity index (χ1v) is 5.70. The molecule has 15 heavy (non-hydrogen) atoms. The van der Waals surface area contributed by atoms with Gasteiger partial charge in [0.15, 0.2) is 0 Å². The molecule has 1 aliphatic heterocycles. The van der Waals surface area contributed by atoms with E-state index in [0.29, 0.717) is 9.23 Å². The Kier molecular flexibility index (Phi) is 2.88. The molecule has 0 atom stereocenters. The van der Waals surface area contributed by atoms with Crippen LogP contribution in [0.3, 0.4) is 0 Å². The van der Waals surface area contributed by atoms with Gasteiger partial charge in [0.05, 0.1) is 4.91 Å². The number of hydrogen-bond acceptors (Lipinski definition) is 3. The lowest BCUT2D eigenvalue weighted by Crippen LogP contribution is -2.18. The van der Waals surface area contributed by atoms with Crippen molar-refractivity contribution in [3.05, 3.63) is 40.8 Å². The molecule has 1 amide bonds. The average Bonchev–Trinajstić information content (AvgIpc) is 2.58. The molecule has 0 unspecified atom stereocenters. The number of benzene rings is 1.